The van der Waals surface area contributed by atoms with Gasteiger partial charge < -0.3 is 13.3 Å². The largest absolute Gasteiger partial charge is 0.543 e. The molecule has 5 nitrogen and oxygen atoms in total. The van der Waals surface area contributed by atoms with Gasteiger partial charge in [0, 0.05) is 11.5 Å². The Morgan fingerprint density at radius 1 is 0.852 bits per heavy atom. The van der Waals surface area contributed by atoms with Crippen molar-refractivity contribution in [3.8, 4) is 11.6 Å². The van der Waals surface area contributed by atoms with Crippen molar-refractivity contribution in [1.82, 2.24) is 4.98 Å². The predicted molar refractivity (Wildman–Crippen MR) is 118 cm³/mol. The highest BCUT2D eigenvalue weighted by Crippen LogP contribution is 2.32. The first-order chi connectivity index (χ1) is 12.1. The lowest BCUT2D eigenvalue weighted by atomic mass is 10.1. The number of hydrogen-bond donors (Lipinski definition) is 0. The van der Waals surface area contributed by atoms with Gasteiger partial charge in [-0.15, -0.1) is 0 Å². The van der Waals surface area contributed by atoms with Gasteiger partial charge in [-0.3, -0.25) is 0 Å². The first kappa shape index (κ1) is 21.6. The highest BCUT2D eigenvalue weighted by Gasteiger charge is 2.26. The summed E-state index contributed by atoms with van der Waals surface area (Å²) in [4.78, 5) is 17.6. The minimum absolute atomic E-state index is 0.327. The lowest BCUT2D eigenvalue weighted by Crippen LogP contribution is -2.31. The molecular formula is C19H31NO4Si3. The van der Waals surface area contributed by atoms with Crippen LogP contribution in [0, 0.1) is 0 Å². The van der Waals surface area contributed by atoms with Crippen molar-refractivity contribution >= 4 is 41.8 Å². The molecule has 0 aliphatic rings. The van der Waals surface area contributed by atoms with Gasteiger partial charge in [-0.2, -0.15) is 0 Å². The molecule has 27 heavy (non-hydrogen) atoms. The van der Waals surface area contributed by atoms with Crippen LogP contribution >= 0.6 is 0 Å². The Labute approximate surface area is 165 Å². The van der Waals surface area contributed by atoms with Crippen LogP contribution in [0.15, 0.2) is 24.3 Å². The van der Waals surface area contributed by atoms with Gasteiger partial charge in [0.1, 0.15) is 11.3 Å². The van der Waals surface area contributed by atoms with Gasteiger partial charge in [-0.25, -0.2) is 9.78 Å². The molecule has 1 aromatic heterocycles. The third kappa shape index (κ3) is 6.47. The quantitative estimate of drug-likeness (QED) is 0.564. The third-order valence-electron chi connectivity index (χ3n) is 3.22. The number of carbonyl (C=O) groups excluding carboxylic acids is 1. The Kier molecular flexibility index (Phi) is 5.94. The van der Waals surface area contributed by atoms with Gasteiger partial charge >= 0.3 is 5.97 Å². The highest BCUT2D eigenvalue weighted by atomic mass is 28.4. The standard InChI is InChI=1S/C19H31NO4Si3/c1-25(2,3)22-16-12-10-11-14-15(19(21)24-27(7,8)9)13-17(20-18(14)16)23-26(4,5)6/h10-13H,1-9H3. The van der Waals surface area contributed by atoms with Crippen LogP contribution in [0.3, 0.4) is 0 Å². The van der Waals surface area contributed by atoms with Crippen LogP contribution in [0.1, 0.15) is 10.4 Å². The molecule has 0 N–H and O–H groups in total. The molecule has 0 atom stereocenters. The molecule has 0 radical (unpaired) electrons. The number of rotatable bonds is 6. The number of fused-ring (bicyclic) bond motifs is 1. The number of hydrogen-bond acceptors (Lipinski definition) is 5. The van der Waals surface area contributed by atoms with E-state index in [9.17, 15) is 4.79 Å². The average molecular weight is 422 g/mol. The summed E-state index contributed by atoms with van der Waals surface area (Å²) in [6, 6.07) is 7.39. The van der Waals surface area contributed by atoms with E-state index in [1.807, 2.05) is 37.8 Å². The van der Waals surface area contributed by atoms with Gasteiger partial charge in [-0.05, 0) is 65.0 Å². The fraction of sp³-hybridized carbons (Fsp3) is 0.474. The SMILES string of the molecule is C[Si](C)(C)OC(=O)c1cc(O[Si](C)(C)C)nc2c(O[Si](C)(C)C)cccc12. The van der Waals surface area contributed by atoms with Gasteiger partial charge in [0.2, 0.25) is 30.8 Å². The van der Waals surface area contributed by atoms with Crippen molar-refractivity contribution < 1.29 is 18.1 Å². The minimum atomic E-state index is -2.03. The van der Waals surface area contributed by atoms with Crippen molar-refractivity contribution in [3.63, 3.8) is 0 Å². The van der Waals surface area contributed by atoms with Gasteiger partial charge in [-0.1, -0.05) is 12.1 Å². The predicted octanol–water partition coefficient (Wildman–Crippen LogP) is 5.65. The van der Waals surface area contributed by atoms with Crippen LogP contribution in [-0.2, 0) is 4.43 Å². The van der Waals surface area contributed by atoms with Gasteiger partial charge in [0.05, 0.1) is 5.56 Å². The number of pyridine rings is 1. The maximum Gasteiger partial charge on any atom is 0.325 e. The number of aromatic nitrogens is 1. The van der Waals surface area contributed by atoms with E-state index < -0.39 is 25.0 Å². The van der Waals surface area contributed by atoms with Crippen LogP contribution in [0.25, 0.3) is 10.9 Å². The summed E-state index contributed by atoms with van der Waals surface area (Å²) in [6.45, 7) is 18.6. The smallest absolute Gasteiger partial charge is 0.325 e. The first-order valence-corrected chi connectivity index (χ1v) is 19.4. The molecule has 0 bridgehead atoms. The number of carbonyl (C=O) groups is 1. The van der Waals surface area contributed by atoms with Gasteiger partial charge in [0.15, 0.2) is 0 Å². The number of benzene rings is 1. The second kappa shape index (κ2) is 7.40. The fourth-order valence-corrected chi connectivity index (χ4v) is 4.70. The number of nitrogens with zero attached hydrogens (tertiary/aromatic N) is 1. The van der Waals surface area contributed by atoms with Gasteiger partial charge in [0.25, 0.3) is 0 Å². The first-order valence-electron chi connectivity index (χ1n) is 9.20. The van der Waals surface area contributed by atoms with Crippen LogP contribution in [0.4, 0.5) is 0 Å². The van der Waals surface area contributed by atoms with E-state index in [0.29, 0.717) is 22.7 Å². The molecule has 0 amide bonds. The Morgan fingerprint density at radius 3 is 1.96 bits per heavy atom. The zero-order chi connectivity index (χ0) is 20.6. The molecule has 0 spiro atoms. The topological polar surface area (TPSA) is 57.7 Å². The van der Waals surface area contributed by atoms with E-state index in [4.69, 9.17) is 18.3 Å². The fourth-order valence-electron chi connectivity index (χ4n) is 2.48. The molecule has 0 aliphatic heterocycles. The Morgan fingerprint density at radius 2 is 1.44 bits per heavy atom. The molecule has 0 aliphatic carbocycles. The van der Waals surface area contributed by atoms with Crippen LogP contribution in [-0.4, -0.2) is 35.9 Å². The average Bonchev–Trinajstić information content (AvgIpc) is 2.42. The van der Waals surface area contributed by atoms with E-state index >= 15 is 0 Å². The van der Waals surface area contributed by atoms with Crippen molar-refractivity contribution in [1.29, 1.82) is 0 Å². The summed E-state index contributed by atoms with van der Waals surface area (Å²) in [5.41, 5.74) is 1.13. The number of para-hydroxylation sites is 1. The molecule has 1 aromatic carbocycles. The molecule has 0 fully saturated rings. The molecule has 8 heteroatoms. The molecular weight excluding hydrogens is 390 g/mol. The van der Waals surface area contributed by atoms with Crippen molar-refractivity contribution in [2.45, 2.75) is 58.9 Å². The summed E-state index contributed by atoms with van der Waals surface area (Å²) in [5.74, 6) is 0.817. The summed E-state index contributed by atoms with van der Waals surface area (Å²) < 4.78 is 18.1. The second-order valence-electron chi connectivity index (χ2n) is 9.59. The summed E-state index contributed by atoms with van der Waals surface area (Å²) >= 11 is 0. The maximum absolute atomic E-state index is 12.9. The second-order valence-corrected chi connectivity index (χ2v) is 22.9. The summed E-state index contributed by atoms with van der Waals surface area (Å²) in [5, 5.41) is 0.733. The van der Waals surface area contributed by atoms with Crippen LogP contribution < -0.4 is 8.85 Å². The highest BCUT2D eigenvalue weighted by molar-refractivity contribution is 6.71. The molecule has 2 aromatic rings. The van der Waals surface area contributed by atoms with Crippen molar-refractivity contribution in [3.05, 3.63) is 29.8 Å². The summed E-state index contributed by atoms with van der Waals surface area (Å²) in [6.07, 6.45) is 0. The normalized spacial score (nSPS) is 12.8. The lowest BCUT2D eigenvalue weighted by Gasteiger charge is -2.23. The molecule has 148 valence electrons. The zero-order valence-electron chi connectivity index (χ0n) is 17.9. The monoisotopic (exact) mass is 421 g/mol. The molecule has 0 saturated carbocycles. The lowest BCUT2D eigenvalue weighted by molar-refractivity contribution is 0.0726. The molecule has 0 unspecified atom stereocenters. The molecule has 2 rings (SSSR count). The molecule has 0 saturated heterocycles. The minimum Gasteiger partial charge on any atom is -0.543 e. The van der Waals surface area contributed by atoms with E-state index in [2.05, 4.69) is 39.3 Å². The van der Waals surface area contributed by atoms with E-state index in [1.54, 1.807) is 6.07 Å². The third-order valence-corrected chi connectivity index (χ3v) is 5.68. The maximum atomic E-state index is 12.9. The van der Waals surface area contributed by atoms with E-state index in [1.165, 1.54) is 0 Å². The van der Waals surface area contributed by atoms with Crippen molar-refractivity contribution in [2.24, 2.45) is 0 Å². The van der Waals surface area contributed by atoms with E-state index in [0.717, 1.165) is 5.39 Å². The van der Waals surface area contributed by atoms with Crippen LogP contribution in [0.2, 0.25) is 58.9 Å². The van der Waals surface area contributed by atoms with E-state index in [-0.39, 0.29) is 5.97 Å². The Bertz CT molecular complexity index is 849. The Hall–Kier alpha value is -1.65. The Balaban J connectivity index is 2.68. The van der Waals surface area contributed by atoms with Crippen LogP contribution in [0.5, 0.6) is 11.6 Å². The summed E-state index contributed by atoms with van der Waals surface area (Å²) in [7, 11) is -5.77. The van der Waals surface area contributed by atoms with Crippen molar-refractivity contribution in [2.75, 3.05) is 0 Å². The molecule has 1 heterocycles. The zero-order valence-corrected chi connectivity index (χ0v) is 20.9.